The first-order valence-corrected chi connectivity index (χ1v) is 9.54. The largest absolute Gasteiger partial charge is 0.497 e. The molecule has 0 aliphatic carbocycles. The van der Waals surface area contributed by atoms with E-state index in [9.17, 15) is 9.59 Å². The summed E-state index contributed by atoms with van der Waals surface area (Å²) in [6.45, 7) is 0.670. The molecule has 1 amide bonds. The van der Waals surface area contributed by atoms with Crippen molar-refractivity contribution in [2.24, 2.45) is 0 Å². The third-order valence-corrected chi connectivity index (χ3v) is 4.60. The van der Waals surface area contributed by atoms with E-state index in [4.69, 9.17) is 16.3 Å². The van der Waals surface area contributed by atoms with Crippen LogP contribution in [-0.4, -0.2) is 54.7 Å². The summed E-state index contributed by atoms with van der Waals surface area (Å²) in [7, 11) is 5.25. The quantitative estimate of drug-likeness (QED) is 0.641. The summed E-state index contributed by atoms with van der Waals surface area (Å²) >= 11 is 6.08. The number of likely N-dealkylation sites (N-methyl/N-ethyl adjacent to an activating group) is 1. The molecule has 0 atom stereocenters. The van der Waals surface area contributed by atoms with Crippen LogP contribution in [0.15, 0.2) is 47.3 Å². The minimum atomic E-state index is -0.211. The highest BCUT2D eigenvalue weighted by atomic mass is 35.5. The van der Waals surface area contributed by atoms with Gasteiger partial charge in [0, 0.05) is 18.0 Å². The first kappa shape index (κ1) is 20.8. The van der Waals surface area contributed by atoms with Gasteiger partial charge in [-0.25, -0.2) is 4.98 Å². The Morgan fingerprint density at radius 2 is 1.93 bits per heavy atom. The van der Waals surface area contributed by atoms with E-state index in [2.05, 4.69) is 10.3 Å². The van der Waals surface area contributed by atoms with Crippen LogP contribution in [0.4, 0.5) is 0 Å². The molecule has 7 nitrogen and oxygen atoms in total. The van der Waals surface area contributed by atoms with Gasteiger partial charge >= 0.3 is 0 Å². The van der Waals surface area contributed by atoms with E-state index in [-0.39, 0.29) is 11.5 Å². The standard InChI is InChI=1S/C21H23ClN4O3/c1-25(2)13-20(27)23-11-10-19-24-18-9-4-14(22)12-17(18)21(28)26(19)15-5-7-16(29-3)8-6-15/h4-9,12H,10-11,13H2,1-3H3,(H,23,27). The average Bonchev–Trinajstić information content (AvgIpc) is 2.68. The number of nitrogens with zero attached hydrogens (tertiary/aromatic N) is 3. The van der Waals surface area contributed by atoms with Gasteiger partial charge < -0.3 is 15.0 Å². The molecule has 0 spiro atoms. The molecule has 1 N–H and O–H groups in total. The van der Waals surface area contributed by atoms with Crippen LogP contribution in [0, 0.1) is 0 Å². The fourth-order valence-corrected chi connectivity index (χ4v) is 3.20. The predicted octanol–water partition coefficient (Wildman–Crippen LogP) is 2.27. The van der Waals surface area contributed by atoms with Crippen molar-refractivity contribution in [3.63, 3.8) is 0 Å². The fraction of sp³-hybridized carbons (Fsp3) is 0.286. The Kier molecular flexibility index (Phi) is 6.51. The van der Waals surface area contributed by atoms with Crippen molar-refractivity contribution in [3.05, 3.63) is 63.7 Å². The summed E-state index contributed by atoms with van der Waals surface area (Å²) in [5.41, 5.74) is 1.02. The van der Waals surface area contributed by atoms with Crippen molar-refractivity contribution in [1.29, 1.82) is 0 Å². The van der Waals surface area contributed by atoms with Gasteiger partial charge in [0.15, 0.2) is 0 Å². The smallest absolute Gasteiger partial charge is 0.266 e. The van der Waals surface area contributed by atoms with Crippen molar-refractivity contribution in [2.45, 2.75) is 6.42 Å². The average molecular weight is 415 g/mol. The topological polar surface area (TPSA) is 76.5 Å². The maximum atomic E-state index is 13.2. The summed E-state index contributed by atoms with van der Waals surface area (Å²) in [4.78, 5) is 31.6. The fourth-order valence-electron chi connectivity index (χ4n) is 3.03. The molecule has 8 heteroatoms. The molecule has 3 rings (SSSR count). The molecule has 1 aromatic heterocycles. The predicted molar refractivity (Wildman–Crippen MR) is 114 cm³/mol. The van der Waals surface area contributed by atoms with E-state index >= 15 is 0 Å². The Bertz CT molecular complexity index is 1080. The van der Waals surface area contributed by atoms with Gasteiger partial charge in [0.2, 0.25) is 5.91 Å². The number of halogens is 1. The number of carbonyl (C=O) groups is 1. The van der Waals surface area contributed by atoms with Crippen LogP contribution >= 0.6 is 11.6 Å². The molecule has 0 bridgehead atoms. The number of carbonyl (C=O) groups excluding carboxylic acids is 1. The highest BCUT2D eigenvalue weighted by Gasteiger charge is 2.14. The molecule has 152 valence electrons. The Balaban J connectivity index is 2.00. The maximum Gasteiger partial charge on any atom is 0.266 e. The monoisotopic (exact) mass is 414 g/mol. The van der Waals surface area contributed by atoms with Crippen LogP contribution in [-0.2, 0) is 11.2 Å². The maximum absolute atomic E-state index is 13.2. The second-order valence-corrected chi connectivity index (χ2v) is 7.30. The van der Waals surface area contributed by atoms with Crippen LogP contribution in [0.3, 0.4) is 0 Å². The van der Waals surface area contributed by atoms with Gasteiger partial charge in [0.25, 0.3) is 5.56 Å². The van der Waals surface area contributed by atoms with Gasteiger partial charge in [-0.2, -0.15) is 0 Å². The minimum Gasteiger partial charge on any atom is -0.497 e. The van der Waals surface area contributed by atoms with Gasteiger partial charge in [-0.15, -0.1) is 0 Å². The second kappa shape index (κ2) is 9.07. The van der Waals surface area contributed by atoms with E-state index in [1.807, 2.05) is 14.1 Å². The van der Waals surface area contributed by atoms with Crippen molar-refractivity contribution in [3.8, 4) is 11.4 Å². The number of benzene rings is 2. The van der Waals surface area contributed by atoms with Crippen molar-refractivity contribution < 1.29 is 9.53 Å². The third kappa shape index (κ3) is 4.93. The Morgan fingerprint density at radius 3 is 2.59 bits per heavy atom. The van der Waals surface area contributed by atoms with Crippen molar-refractivity contribution in [2.75, 3.05) is 34.3 Å². The number of amides is 1. The van der Waals surface area contributed by atoms with E-state index in [0.29, 0.717) is 52.7 Å². The summed E-state index contributed by atoms with van der Waals surface area (Å²) in [6.07, 6.45) is 0.402. The van der Waals surface area contributed by atoms with E-state index in [1.54, 1.807) is 59.0 Å². The molecule has 3 aromatic rings. The zero-order chi connectivity index (χ0) is 21.0. The highest BCUT2D eigenvalue weighted by molar-refractivity contribution is 6.31. The van der Waals surface area contributed by atoms with Gasteiger partial charge in [-0.05, 0) is 56.6 Å². The first-order chi connectivity index (χ1) is 13.9. The first-order valence-electron chi connectivity index (χ1n) is 9.16. The Morgan fingerprint density at radius 1 is 1.21 bits per heavy atom. The SMILES string of the molecule is COc1ccc(-n2c(CCNC(=O)CN(C)C)nc3ccc(Cl)cc3c2=O)cc1. The number of hydrogen-bond donors (Lipinski definition) is 1. The zero-order valence-corrected chi connectivity index (χ0v) is 17.4. The summed E-state index contributed by atoms with van der Waals surface area (Å²) < 4.78 is 6.75. The molecule has 0 aliphatic heterocycles. The number of fused-ring (bicyclic) bond motifs is 1. The van der Waals surface area contributed by atoms with Gasteiger partial charge in [-0.3, -0.25) is 14.2 Å². The van der Waals surface area contributed by atoms with Crippen molar-refractivity contribution >= 4 is 28.4 Å². The zero-order valence-electron chi connectivity index (χ0n) is 16.6. The van der Waals surface area contributed by atoms with Gasteiger partial charge in [0.05, 0.1) is 30.2 Å². The second-order valence-electron chi connectivity index (χ2n) is 6.87. The molecule has 0 aliphatic rings. The molecular weight excluding hydrogens is 392 g/mol. The molecule has 0 radical (unpaired) electrons. The highest BCUT2D eigenvalue weighted by Crippen LogP contribution is 2.19. The number of methoxy groups -OCH3 is 1. The Labute approximate surface area is 173 Å². The van der Waals surface area contributed by atoms with Crippen LogP contribution in [0.2, 0.25) is 5.02 Å². The number of hydrogen-bond acceptors (Lipinski definition) is 5. The lowest BCUT2D eigenvalue weighted by Gasteiger charge is -2.15. The number of aromatic nitrogens is 2. The summed E-state index contributed by atoms with van der Waals surface area (Å²) in [6, 6.07) is 12.2. The molecule has 0 saturated carbocycles. The Hall–Kier alpha value is -2.90. The van der Waals surface area contributed by atoms with Crippen LogP contribution in [0.5, 0.6) is 5.75 Å². The van der Waals surface area contributed by atoms with Gasteiger partial charge in [-0.1, -0.05) is 11.6 Å². The third-order valence-electron chi connectivity index (χ3n) is 4.36. The molecule has 2 aromatic carbocycles. The van der Waals surface area contributed by atoms with Gasteiger partial charge in [0.1, 0.15) is 11.6 Å². The summed E-state index contributed by atoms with van der Waals surface area (Å²) in [5, 5.41) is 3.77. The molecule has 1 heterocycles. The van der Waals surface area contributed by atoms with Crippen LogP contribution in [0.1, 0.15) is 5.82 Å². The molecule has 0 unspecified atom stereocenters. The number of ether oxygens (including phenoxy) is 1. The molecule has 0 fully saturated rings. The van der Waals surface area contributed by atoms with E-state index in [1.165, 1.54) is 0 Å². The van der Waals surface area contributed by atoms with Crippen LogP contribution < -0.4 is 15.6 Å². The van der Waals surface area contributed by atoms with E-state index < -0.39 is 0 Å². The molecule has 0 saturated heterocycles. The molecule has 29 heavy (non-hydrogen) atoms. The van der Waals surface area contributed by atoms with E-state index in [0.717, 1.165) is 0 Å². The lowest BCUT2D eigenvalue weighted by Crippen LogP contribution is -2.35. The van der Waals surface area contributed by atoms with Crippen LogP contribution in [0.25, 0.3) is 16.6 Å². The lowest BCUT2D eigenvalue weighted by molar-refractivity contribution is -0.121. The van der Waals surface area contributed by atoms with Crippen molar-refractivity contribution in [1.82, 2.24) is 19.8 Å². The number of rotatable bonds is 7. The lowest BCUT2D eigenvalue weighted by atomic mass is 10.2. The normalized spacial score (nSPS) is 11.1. The number of nitrogens with one attached hydrogen (secondary N) is 1. The summed E-state index contributed by atoms with van der Waals surface area (Å²) in [5.74, 6) is 1.16. The molecular formula is C21H23ClN4O3. The minimum absolute atomic E-state index is 0.0825.